The van der Waals surface area contributed by atoms with E-state index >= 15 is 0 Å². The molecule has 140 valence electrons. The summed E-state index contributed by atoms with van der Waals surface area (Å²) in [5.74, 6) is 3.11. The molecule has 3 aromatic rings. The van der Waals surface area contributed by atoms with E-state index in [0.717, 1.165) is 17.8 Å². The van der Waals surface area contributed by atoms with E-state index in [0.29, 0.717) is 45.8 Å². The van der Waals surface area contributed by atoms with E-state index in [-0.39, 0.29) is 0 Å². The topological polar surface area (TPSA) is 73.1 Å². The third-order valence-corrected chi connectivity index (χ3v) is 6.74. The average Bonchev–Trinajstić information content (AvgIpc) is 3.22. The largest absolute Gasteiger partial charge is 0.437 e. The number of nitrogens with zero attached hydrogens (tertiary/aromatic N) is 4. The minimum absolute atomic E-state index is 0.383. The van der Waals surface area contributed by atoms with E-state index in [4.69, 9.17) is 16.3 Å². The molecule has 2 aliphatic rings. The van der Waals surface area contributed by atoms with Crippen LogP contribution in [0, 0.1) is 5.92 Å². The number of halogens is 1. The highest BCUT2D eigenvalue weighted by Crippen LogP contribution is 2.42. The van der Waals surface area contributed by atoms with Gasteiger partial charge in [0.05, 0.1) is 5.52 Å². The molecule has 1 saturated carbocycles. The molecule has 1 N–H and O–H groups in total. The van der Waals surface area contributed by atoms with Gasteiger partial charge in [0.25, 0.3) is 0 Å². The van der Waals surface area contributed by atoms with Crippen LogP contribution < -0.4 is 4.74 Å². The van der Waals surface area contributed by atoms with Gasteiger partial charge in [0, 0.05) is 24.1 Å². The summed E-state index contributed by atoms with van der Waals surface area (Å²) >= 11 is 8.30. The summed E-state index contributed by atoms with van der Waals surface area (Å²) in [6.45, 7) is 0.877. The summed E-state index contributed by atoms with van der Waals surface area (Å²) in [7, 11) is 0. The first-order chi connectivity index (χ1) is 13.1. The van der Waals surface area contributed by atoms with Gasteiger partial charge in [-0.2, -0.15) is 11.8 Å². The smallest absolute Gasteiger partial charge is 0.225 e. The lowest BCUT2D eigenvalue weighted by molar-refractivity contribution is 0.0629. The van der Waals surface area contributed by atoms with E-state index < -0.39 is 5.60 Å². The van der Waals surface area contributed by atoms with Crippen LogP contribution in [0.25, 0.3) is 11.0 Å². The summed E-state index contributed by atoms with van der Waals surface area (Å²) in [5.41, 5.74) is 1.32. The van der Waals surface area contributed by atoms with Crippen molar-refractivity contribution in [1.29, 1.82) is 0 Å². The molecule has 2 fully saturated rings. The number of thioether (sulfide) groups is 1. The molecule has 1 unspecified atom stereocenters. The van der Waals surface area contributed by atoms with Gasteiger partial charge in [-0.15, -0.1) is 5.10 Å². The second-order valence-corrected chi connectivity index (χ2v) is 8.74. The molecule has 1 aliphatic carbocycles. The van der Waals surface area contributed by atoms with E-state index in [9.17, 15) is 5.11 Å². The number of ether oxygens (including phenoxy) is 1. The van der Waals surface area contributed by atoms with Gasteiger partial charge in [0.15, 0.2) is 5.75 Å². The summed E-state index contributed by atoms with van der Waals surface area (Å²) < 4.78 is 7.95. The van der Waals surface area contributed by atoms with Crippen LogP contribution >= 0.6 is 23.4 Å². The molecular formula is C19H19ClN4O2S. The molecule has 27 heavy (non-hydrogen) atoms. The highest BCUT2D eigenvalue weighted by molar-refractivity contribution is 7.99. The molecule has 5 rings (SSSR count). The van der Waals surface area contributed by atoms with E-state index in [1.807, 2.05) is 28.9 Å². The van der Waals surface area contributed by atoms with Crippen LogP contribution in [0.5, 0.6) is 11.6 Å². The van der Waals surface area contributed by atoms with Gasteiger partial charge in [-0.3, -0.25) is 0 Å². The number of fused-ring (bicyclic) bond motifs is 1. The molecule has 0 spiro atoms. The van der Waals surface area contributed by atoms with E-state index in [2.05, 4.69) is 15.3 Å². The van der Waals surface area contributed by atoms with Crippen LogP contribution in [0.4, 0.5) is 0 Å². The highest BCUT2D eigenvalue weighted by Gasteiger charge is 2.37. The standard InChI is InChI=1S/C19H19ClN4O2S/c20-16-15(6-5-14-17(16)22-23-24(14)10-12-3-4-12)26-18-13(2-1-8-21-18)19(25)7-9-27-11-19/h1-2,5-6,8,12,25H,3-4,7,9-11H2. The van der Waals surface area contributed by atoms with Crippen LogP contribution in [0.15, 0.2) is 30.5 Å². The van der Waals surface area contributed by atoms with Crippen molar-refractivity contribution in [1.82, 2.24) is 20.0 Å². The van der Waals surface area contributed by atoms with Crippen LogP contribution in [-0.4, -0.2) is 36.6 Å². The summed E-state index contributed by atoms with van der Waals surface area (Å²) in [4.78, 5) is 4.35. The second kappa shape index (κ2) is 6.65. The highest BCUT2D eigenvalue weighted by atomic mass is 35.5. The summed E-state index contributed by atoms with van der Waals surface area (Å²) in [6.07, 6.45) is 4.84. The molecule has 1 aliphatic heterocycles. The Kier molecular flexibility index (Phi) is 4.26. The van der Waals surface area contributed by atoms with Crippen molar-refractivity contribution >= 4 is 34.4 Å². The van der Waals surface area contributed by atoms with Crippen LogP contribution in [-0.2, 0) is 12.1 Å². The zero-order chi connectivity index (χ0) is 18.4. The van der Waals surface area contributed by atoms with Crippen LogP contribution in [0.3, 0.4) is 0 Å². The van der Waals surface area contributed by atoms with Crippen molar-refractivity contribution in [2.75, 3.05) is 11.5 Å². The Morgan fingerprint density at radius 1 is 1.33 bits per heavy atom. The molecule has 1 atom stereocenters. The Morgan fingerprint density at radius 2 is 2.22 bits per heavy atom. The minimum Gasteiger partial charge on any atom is -0.437 e. The van der Waals surface area contributed by atoms with Gasteiger partial charge in [-0.1, -0.05) is 16.8 Å². The number of benzene rings is 1. The van der Waals surface area contributed by atoms with Crippen molar-refractivity contribution in [2.24, 2.45) is 5.92 Å². The van der Waals surface area contributed by atoms with Gasteiger partial charge >= 0.3 is 0 Å². The third kappa shape index (κ3) is 3.17. The van der Waals surface area contributed by atoms with Crippen molar-refractivity contribution < 1.29 is 9.84 Å². The maximum absolute atomic E-state index is 11.0. The molecule has 0 bridgehead atoms. The lowest BCUT2D eigenvalue weighted by Crippen LogP contribution is -2.25. The molecule has 1 saturated heterocycles. The van der Waals surface area contributed by atoms with Crippen LogP contribution in [0.1, 0.15) is 24.8 Å². The SMILES string of the molecule is OC1(c2cccnc2Oc2ccc3c(nnn3CC3CC3)c2Cl)CCSC1. The van der Waals surface area contributed by atoms with E-state index in [1.165, 1.54) is 12.8 Å². The van der Waals surface area contributed by atoms with Gasteiger partial charge in [-0.25, -0.2) is 9.67 Å². The number of hydrogen-bond acceptors (Lipinski definition) is 6. The van der Waals surface area contributed by atoms with Gasteiger partial charge < -0.3 is 9.84 Å². The molecule has 0 radical (unpaired) electrons. The summed E-state index contributed by atoms with van der Waals surface area (Å²) in [5, 5.41) is 19.9. The Bertz CT molecular complexity index is 999. The fraction of sp³-hybridized carbons (Fsp3) is 0.421. The second-order valence-electron chi connectivity index (χ2n) is 7.25. The van der Waals surface area contributed by atoms with Gasteiger partial charge in [-0.05, 0) is 55.2 Å². The lowest BCUT2D eigenvalue weighted by atomic mass is 9.94. The molecule has 8 heteroatoms. The number of rotatable bonds is 5. The predicted molar refractivity (Wildman–Crippen MR) is 105 cm³/mol. The lowest BCUT2D eigenvalue weighted by Gasteiger charge is -2.23. The average molecular weight is 403 g/mol. The first kappa shape index (κ1) is 17.3. The van der Waals surface area contributed by atoms with Crippen molar-refractivity contribution in [2.45, 2.75) is 31.4 Å². The van der Waals surface area contributed by atoms with Gasteiger partial charge in [0.1, 0.15) is 16.1 Å². The number of aliphatic hydroxyl groups is 1. The van der Waals surface area contributed by atoms with Crippen molar-refractivity contribution in [3.8, 4) is 11.6 Å². The Balaban J connectivity index is 1.49. The van der Waals surface area contributed by atoms with Gasteiger partial charge in [0.2, 0.25) is 5.88 Å². The minimum atomic E-state index is -0.918. The zero-order valence-electron chi connectivity index (χ0n) is 14.6. The molecule has 3 heterocycles. The van der Waals surface area contributed by atoms with Crippen molar-refractivity contribution in [3.63, 3.8) is 0 Å². The molecule has 1 aromatic carbocycles. The number of hydrogen-bond donors (Lipinski definition) is 1. The molecular weight excluding hydrogens is 384 g/mol. The van der Waals surface area contributed by atoms with Crippen LogP contribution in [0.2, 0.25) is 5.02 Å². The Hall–Kier alpha value is -1.83. The Morgan fingerprint density at radius 3 is 3.00 bits per heavy atom. The van der Waals surface area contributed by atoms with E-state index in [1.54, 1.807) is 18.0 Å². The fourth-order valence-electron chi connectivity index (χ4n) is 3.44. The Labute approximate surface area is 165 Å². The number of aromatic nitrogens is 4. The maximum atomic E-state index is 11.0. The predicted octanol–water partition coefficient (Wildman–Crippen LogP) is 4.01. The molecule has 2 aromatic heterocycles. The first-order valence-electron chi connectivity index (χ1n) is 9.09. The fourth-order valence-corrected chi connectivity index (χ4v) is 4.94. The number of pyridine rings is 1. The zero-order valence-corrected chi connectivity index (χ0v) is 16.2. The quantitative estimate of drug-likeness (QED) is 0.695. The maximum Gasteiger partial charge on any atom is 0.225 e. The molecule has 6 nitrogen and oxygen atoms in total. The molecule has 0 amide bonds. The summed E-state index contributed by atoms with van der Waals surface area (Å²) in [6, 6.07) is 7.44. The first-order valence-corrected chi connectivity index (χ1v) is 10.6. The normalized spacial score (nSPS) is 22.4. The monoisotopic (exact) mass is 402 g/mol. The third-order valence-electron chi connectivity index (χ3n) is 5.20. The van der Waals surface area contributed by atoms with Crippen molar-refractivity contribution in [3.05, 3.63) is 41.0 Å².